The van der Waals surface area contributed by atoms with Gasteiger partial charge in [0.25, 0.3) is 0 Å². The van der Waals surface area contributed by atoms with Gasteiger partial charge in [0, 0.05) is 18.1 Å². The number of carbonyl (C=O) groups excluding carboxylic acids is 2. The lowest BCUT2D eigenvalue weighted by molar-refractivity contribution is -0.127. The number of rotatable bonds is 4. The smallest absolute Gasteiger partial charge is 0.237 e. The molecule has 2 heterocycles. The molecule has 0 radical (unpaired) electrons. The maximum Gasteiger partial charge on any atom is 0.237 e. The van der Waals surface area contributed by atoms with Crippen LogP contribution in [0.3, 0.4) is 0 Å². The minimum absolute atomic E-state index is 0.0920. The average Bonchev–Trinajstić information content (AvgIpc) is 2.29. The molecule has 0 aliphatic carbocycles. The molecule has 3 atom stereocenters. The fourth-order valence-electron chi connectivity index (χ4n) is 3.35. The molecule has 6 nitrogen and oxygen atoms in total. The molecule has 0 spiro atoms. The van der Waals surface area contributed by atoms with E-state index in [1.54, 1.807) is 0 Å². The van der Waals surface area contributed by atoms with Crippen molar-refractivity contribution < 1.29 is 9.59 Å². The molecule has 108 valence electrons. The van der Waals surface area contributed by atoms with Crippen LogP contribution in [0.1, 0.15) is 38.5 Å². The Labute approximate surface area is 113 Å². The molecular formula is C13H24N4O2. The van der Waals surface area contributed by atoms with Crippen molar-refractivity contribution in [3.63, 3.8) is 0 Å². The first-order valence-corrected chi connectivity index (χ1v) is 7.03. The minimum Gasteiger partial charge on any atom is -0.370 e. The normalized spacial score (nSPS) is 32.6. The van der Waals surface area contributed by atoms with Crippen molar-refractivity contribution in [1.29, 1.82) is 0 Å². The van der Waals surface area contributed by atoms with E-state index in [2.05, 4.69) is 17.3 Å². The van der Waals surface area contributed by atoms with E-state index in [0.717, 1.165) is 12.8 Å². The van der Waals surface area contributed by atoms with Crippen LogP contribution in [0.5, 0.6) is 0 Å². The van der Waals surface area contributed by atoms with Crippen LogP contribution in [-0.4, -0.2) is 47.9 Å². The van der Waals surface area contributed by atoms with Crippen molar-refractivity contribution in [3.8, 4) is 0 Å². The van der Waals surface area contributed by atoms with E-state index in [-0.39, 0.29) is 18.4 Å². The minimum atomic E-state index is -0.822. The number of nitrogens with one attached hydrogen (secondary N) is 1. The molecule has 0 aromatic heterocycles. The van der Waals surface area contributed by atoms with Crippen LogP contribution in [-0.2, 0) is 9.59 Å². The number of carbonyl (C=O) groups is 2. The molecule has 2 saturated heterocycles. The summed E-state index contributed by atoms with van der Waals surface area (Å²) >= 11 is 0. The summed E-state index contributed by atoms with van der Waals surface area (Å²) in [5.41, 5.74) is 10.7. The Morgan fingerprint density at radius 1 is 1.32 bits per heavy atom. The zero-order valence-electron chi connectivity index (χ0n) is 11.5. The molecule has 6 heteroatoms. The summed E-state index contributed by atoms with van der Waals surface area (Å²) in [6.45, 7) is 0. The third-order valence-electron chi connectivity index (χ3n) is 4.44. The summed E-state index contributed by atoms with van der Waals surface area (Å²) < 4.78 is 0. The predicted octanol–water partition coefficient (Wildman–Crippen LogP) is -0.679. The second-order valence-corrected chi connectivity index (χ2v) is 5.86. The molecule has 2 rings (SSSR count). The third-order valence-corrected chi connectivity index (χ3v) is 4.44. The molecule has 2 aliphatic heterocycles. The van der Waals surface area contributed by atoms with Gasteiger partial charge in [0.2, 0.25) is 11.8 Å². The number of hydrogen-bond acceptors (Lipinski definition) is 4. The van der Waals surface area contributed by atoms with Crippen molar-refractivity contribution in [1.82, 2.24) is 10.2 Å². The number of nitrogens with two attached hydrogens (primary N) is 2. The van der Waals surface area contributed by atoms with Crippen molar-refractivity contribution in [2.24, 2.45) is 11.5 Å². The lowest BCUT2D eigenvalue weighted by atomic mass is 9.82. The van der Waals surface area contributed by atoms with E-state index in [4.69, 9.17) is 11.5 Å². The molecule has 2 bridgehead atoms. The van der Waals surface area contributed by atoms with Gasteiger partial charge in [-0.3, -0.25) is 9.59 Å². The molecule has 2 amide bonds. The third kappa shape index (κ3) is 3.45. The number of nitrogens with zero attached hydrogens (tertiary/aromatic N) is 1. The monoisotopic (exact) mass is 268 g/mol. The van der Waals surface area contributed by atoms with E-state index in [0.29, 0.717) is 12.1 Å². The van der Waals surface area contributed by atoms with Crippen molar-refractivity contribution in [2.75, 3.05) is 7.05 Å². The SMILES string of the molecule is CN1C2CCCC1CC(NC(=O)C(N)CC(N)=O)C2. The largest absolute Gasteiger partial charge is 0.370 e. The Morgan fingerprint density at radius 3 is 2.42 bits per heavy atom. The summed E-state index contributed by atoms with van der Waals surface area (Å²) in [5.74, 6) is -0.797. The molecule has 19 heavy (non-hydrogen) atoms. The summed E-state index contributed by atoms with van der Waals surface area (Å²) in [6, 6.07) is 0.477. The lowest BCUT2D eigenvalue weighted by Gasteiger charge is -2.47. The highest BCUT2D eigenvalue weighted by atomic mass is 16.2. The van der Waals surface area contributed by atoms with Gasteiger partial charge in [-0.1, -0.05) is 6.42 Å². The zero-order valence-corrected chi connectivity index (χ0v) is 11.5. The standard InChI is InChI=1S/C13H24N4O2/c1-17-9-3-2-4-10(17)6-8(5-9)16-13(19)11(14)7-12(15)18/h8-11H,2-7,14H2,1H3,(H2,15,18)(H,16,19). The fraction of sp³-hybridized carbons (Fsp3) is 0.846. The first kappa shape index (κ1) is 14.3. The summed E-state index contributed by atoms with van der Waals surface area (Å²) in [5, 5.41) is 2.97. The van der Waals surface area contributed by atoms with Gasteiger partial charge in [0.05, 0.1) is 12.5 Å². The van der Waals surface area contributed by atoms with Gasteiger partial charge < -0.3 is 21.7 Å². The van der Waals surface area contributed by atoms with Crippen molar-refractivity contribution >= 4 is 11.8 Å². The Kier molecular flexibility index (Phi) is 4.42. The highest BCUT2D eigenvalue weighted by Crippen LogP contribution is 2.32. The zero-order chi connectivity index (χ0) is 14.0. The van der Waals surface area contributed by atoms with Gasteiger partial charge in [-0.05, 0) is 32.7 Å². The van der Waals surface area contributed by atoms with Crippen molar-refractivity contribution in [3.05, 3.63) is 0 Å². The molecule has 0 aromatic rings. The van der Waals surface area contributed by atoms with Crippen LogP contribution in [0.15, 0.2) is 0 Å². The lowest BCUT2D eigenvalue weighted by Crippen LogP contribution is -2.57. The van der Waals surface area contributed by atoms with Crippen LogP contribution in [0.25, 0.3) is 0 Å². The molecule has 0 saturated carbocycles. The maximum absolute atomic E-state index is 11.9. The highest BCUT2D eigenvalue weighted by molar-refractivity contribution is 5.87. The average molecular weight is 268 g/mol. The number of piperidine rings is 2. The van der Waals surface area contributed by atoms with Gasteiger partial charge in [-0.2, -0.15) is 0 Å². The van der Waals surface area contributed by atoms with Crippen LogP contribution in [0, 0.1) is 0 Å². The van der Waals surface area contributed by atoms with Gasteiger partial charge in [0.15, 0.2) is 0 Å². The number of fused-ring (bicyclic) bond motifs is 2. The Hall–Kier alpha value is -1.14. The number of amides is 2. The van der Waals surface area contributed by atoms with Crippen LogP contribution < -0.4 is 16.8 Å². The molecule has 0 aromatic carbocycles. The van der Waals surface area contributed by atoms with Gasteiger partial charge >= 0.3 is 0 Å². The molecule has 5 N–H and O–H groups in total. The number of primary amides is 1. The first-order valence-electron chi connectivity index (χ1n) is 7.03. The van der Waals surface area contributed by atoms with E-state index in [1.165, 1.54) is 19.3 Å². The summed E-state index contributed by atoms with van der Waals surface area (Å²) in [4.78, 5) is 25.1. The van der Waals surface area contributed by atoms with Crippen molar-refractivity contribution in [2.45, 2.75) is 62.7 Å². The predicted molar refractivity (Wildman–Crippen MR) is 72.1 cm³/mol. The van der Waals surface area contributed by atoms with Crippen LogP contribution >= 0.6 is 0 Å². The summed E-state index contributed by atoms with van der Waals surface area (Å²) in [6.07, 6.45) is 5.54. The molecule has 2 aliphatic rings. The summed E-state index contributed by atoms with van der Waals surface area (Å²) in [7, 11) is 2.17. The topological polar surface area (TPSA) is 101 Å². The molecular weight excluding hydrogens is 244 g/mol. The van der Waals surface area contributed by atoms with Gasteiger partial charge in [-0.25, -0.2) is 0 Å². The van der Waals surface area contributed by atoms with E-state index in [9.17, 15) is 9.59 Å². The second-order valence-electron chi connectivity index (χ2n) is 5.86. The van der Waals surface area contributed by atoms with E-state index >= 15 is 0 Å². The Balaban J connectivity index is 1.86. The highest BCUT2D eigenvalue weighted by Gasteiger charge is 2.36. The number of hydrogen-bond donors (Lipinski definition) is 3. The molecule has 3 unspecified atom stereocenters. The fourth-order valence-corrected chi connectivity index (χ4v) is 3.35. The molecule has 2 fully saturated rings. The first-order chi connectivity index (χ1) is 8.97. The van der Waals surface area contributed by atoms with Gasteiger partial charge in [-0.15, -0.1) is 0 Å². The van der Waals surface area contributed by atoms with E-state index in [1.807, 2.05) is 0 Å². The maximum atomic E-state index is 11.9. The Bertz CT molecular complexity index is 347. The van der Waals surface area contributed by atoms with Crippen LogP contribution in [0.4, 0.5) is 0 Å². The van der Waals surface area contributed by atoms with E-state index < -0.39 is 11.9 Å². The van der Waals surface area contributed by atoms with Crippen LogP contribution in [0.2, 0.25) is 0 Å². The second kappa shape index (κ2) is 5.88. The quantitative estimate of drug-likeness (QED) is 0.629. The van der Waals surface area contributed by atoms with Gasteiger partial charge in [0.1, 0.15) is 0 Å². The Morgan fingerprint density at radius 2 is 1.89 bits per heavy atom.